The average molecular weight is 161 g/mol. The summed E-state index contributed by atoms with van der Waals surface area (Å²) in [4.78, 5) is 0. The van der Waals surface area contributed by atoms with Crippen molar-refractivity contribution >= 4 is 5.71 Å². The first-order valence-electron chi connectivity index (χ1n) is 4.03. The van der Waals surface area contributed by atoms with Crippen LogP contribution in [0.2, 0.25) is 0 Å². The highest BCUT2D eigenvalue weighted by molar-refractivity contribution is 6.02. The van der Waals surface area contributed by atoms with Crippen LogP contribution in [0.3, 0.4) is 0 Å². The summed E-state index contributed by atoms with van der Waals surface area (Å²) < 4.78 is 5.24. The van der Waals surface area contributed by atoms with Gasteiger partial charge in [-0.05, 0) is 18.1 Å². The lowest BCUT2D eigenvalue weighted by atomic mass is 9.97. The highest BCUT2D eigenvalue weighted by Crippen LogP contribution is 2.19. The first kappa shape index (κ1) is 7.50. The van der Waals surface area contributed by atoms with Gasteiger partial charge in [-0.2, -0.15) is 0 Å². The van der Waals surface area contributed by atoms with Crippen molar-refractivity contribution in [2.75, 3.05) is 6.61 Å². The van der Waals surface area contributed by atoms with Crippen molar-refractivity contribution in [2.24, 2.45) is 0 Å². The highest BCUT2D eigenvalue weighted by atomic mass is 16.5. The summed E-state index contributed by atoms with van der Waals surface area (Å²) in [5.74, 6) is 0. The minimum absolute atomic E-state index is 0.456. The van der Waals surface area contributed by atoms with Gasteiger partial charge in [0, 0.05) is 5.56 Å². The van der Waals surface area contributed by atoms with Gasteiger partial charge in [-0.1, -0.05) is 18.2 Å². The molecule has 1 heterocycles. The second-order valence-corrected chi connectivity index (χ2v) is 3.08. The Morgan fingerprint density at radius 1 is 1.33 bits per heavy atom. The van der Waals surface area contributed by atoms with E-state index >= 15 is 0 Å². The molecule has 1 aliphatic rings. The number of ether oxygens (including phenoxy) is 1. The van der Waals surface area contributed by atoms with Gasteiger partial charge in [-0.25, -0.2) is 0 Å². The number of aryl methyl sites for hydroxylation is 1. The average Bonchev–Trinajstić information content (AvgIpc) is 2.04. The Balaban J connectivity index is 2.60. The van der Waals surface area contributed by atoms with E-state index in [1.54, 1.807) is 0 Å². The topological polar surface area (TPSA) is 33.1 Å². The molecule has 2 rings (SSSR count). The van der Waals surface area contributed by atoms with Crippen molar-refractivity contribution in [2.45, 2.75) is 13.5 Å². The molecule has 0 fully saturated rings. The summed E-state index contributed by atoms with van der Waals surface area (Å²) >= 11 is 0. The van der Waals surface area contributed by atoms with E-state index in [-0.39, 0.29) is 0 Å². The van der Waals surface area contributed by atoms with E-state index < -0.39 is 0 Å². The van der Waals surface area contributed by atoms with Gasteiger partial charge < -0.3 is 10.1 Å². The minimum atomic E-state index is 0.456. The fraction of sp³-hybridized carbons (Fsp3) is 0.300. The molecule has 0 amide bonds. The van der Waals surface area contributed by atoms with Crippen molar-refractivity contribution in [3.63, 3.8) is 0 Å². The molecule has 2 heteroatoms. The Labute approximate surface area is 71.7 Å². The molecule has 1 aromatic rings. The molecule has 2 nitrogen and oxygen atoms in total. The fourth-order valence-corrected chi connectivity index (χ4v) is 1.62. The van der Waals surface area contributed by atoms with Crippen LogP contribution in [0.4, 0.5) is 0 Å². The smallest absolute Gasteiger partial charge is 0.0891 e. The molecule has 1 aliphatic heterocycles. The molecule has 0 aromatic heterocycles. The molecule has 0 bridgehead atoms. The molecule has 0 saturated heterocycles. The van der Waals surface area contributed by atoms with Crippen molar-refractivity contribution in [1.29, 1.82) is 5.41 Å². The van der Waals surface area contributed by atoms with Crippen LogP contribution in [0.15, 0.2) is 18.2 Å². The molecule has 1 N–H and O–H groups in total. The lowest BCUT2D eigenvalue weighted by molar-refractivity contribution is 0.151. The molecule has 0 aliphatic carbocycles. The summed E-state index contributed by atoms with van der Waals surface area (Å²) in [5.41, 5.74) is 4.02. The summed E-state index contributed by atoms with van der Waals surface area (Å²) in [6.45, 7) is 3.15. The summed E-state index contributed by atoms with van der Waals surface area (Å²) in [5, 5.41) is 7.69. The Morgan fingerprint density at radius 3 is 2.92 bits per heavy atom. The second-order valence-electron chi connectivity index (χ2n) is 3.08. The molecule has 0 unspecified atom stereocenters. The van der Waals surface area contributed by atoms with Crippen LogP contribution in [0, 0.1) is 12.3 Å². The molecule has 0 spiro atoms. The van der Waals surface area contributed by atoms with E-state index in [2.05, 4.69) is 0 Å². The maximum absolute atomic E-state index is 7.69. The minimum Gasteiger partial charge on any atom is -0.370 e. The van der Waals surface area contributed by atoms with Gasteiger partial charge in [0.05, 0.1) is 18.9 Å². The van der Waals surface area contributed by atoms with E-state index in [1.807, 2.05) is 25.1 Å². The van der Waals surface area contributed by atoms with E-state index in [9.17, 15) is 0 Å². The number of hydrogen-bond donors (Lipinski definition) is 1. The molecule has 0 saturated carbocycles. The zero-order valence-corrected chi connectivity index (χ0v) is 7.05. The van der Waals surface area contributed by atoms with E-state index in [4.69, 9.17) is 10.1 Å². The lowest BCUT2D eigenvalue weighted by Gasteiger charge is -2.18. The van der Waals surface area contributed by atoms with Gasteiger partial charge in [-0.3, -0.25) is 0 Å². The van der Waals surface area contributed by atoms with Gasteiger partial charge in [0.25, 0.3) is 0 Å². The van der Waals surface area contributed by atoms with Crippen LogP contribution in [0.5, 0.6) is 0 Å². The van der Waals surface area contributed by atoms with Gasteiger partial charge >= 0.3 is 0 Å². The van der Waals surface area contributed by atoms with Crippen LogP contribution in [0.1, 0.15) is 16.7 Å². The van der Waals surface area contributed by atoms with Crippen LogP contribution >= 0.6 is 0 Å². The number of benzene rings is 1. The molecule has 1 aromatic carbocycles. The molecule has 62 valence electrons. The summed E-state index contributed by atoms with van der Waals surface area (Å²) in [7, 11) is 0. The highest BCUT2D eigenvalue weighted by Gasteiger charge is 2.15. The van der Waals surface area contributed by atoms with E-state index in [0.29, 0.717) is 18.9 Å². The van der Waals surface area contributed by atoms with E-state index in [0.717, 1.165) is 11.1 Å². The Kier molecular flexibility index (Phi) is 1.70. The number of nitrogens with one attached hydrogen (secondary N) is 1. The van der Waals surface area contributed by atoms with Crippen molar-refractivity contribution in [3.05, 3.63) is 34.9 Å². The predicted molar refractivity (Wildman–Crippen MR) is 47.7 cm³/mol. The van der Waals surface area contributed by atoms with Crippen LogP contribution in [-0.4, -0.2) is 12.3 Å². The normalized spacial score (nSPS) is 15.9. The van der Waals surface area contributed by atoms with Gasteiger partial charge in [0.2, 0.25) is 0 Å². The molecular weight excluding hydrogens is 150 g/mol. The standard InChI is InChI=1S/C10H11NO/c1-7-3-2-4-8-5-12-6-9(11)10(7)8/h2-4,11H,5-6H2,1H3. The fourth-order valence-electron chi connectivity index (χ4n) is 1.62. The Morgan fingerprint density at radius 2 is 2.17 bits per heavy atom. The maximum atomic E-state index is 7.69. The van der Waals surface area contributed by atoms with Gasteiger partial charge in [0.15, 0.2) is 0 Å². The zero-order valence-electron chi connectivity index (χ0n) is 7.05. The number of hydrogen-bond acceptors (Lipinski definition) is 2. The Hall–Kier alpha value is -1.15. The van der Waals surface area contributed by atoms with Crippen molar-refractivity contribution < 1.29 is 4.74 Å². The van der Waals surface area contributed by atoms with Gasteiger partial charge in [0.1, 0.15) is 0 Å². The van der Waals surface area contributed by atoms with Gasteiger partial charge in [-0.15, -0.1) is 0 Å². The maximum Gasteiger partial charge on any atom is 0.0891 e. The second kappa shape index (κ2) is 2.72. The first-order chi connectivity index (χ1) is 5.79. The number of fused-ring (bicyclic) bond motifs is 1. The lowest BCUT2D eigenvalue weighted by Crippen LogP contribution is -2.19. The summed E-state index contributed by atoms with van der Waals surface area (Å²) in [6.07, 6.45) is 0. The monoisotopic (exact) mass is 161 g/mol. The third kappa shape index (κ3) is 1.04. The third-order valence-electron chi connectivity index (χ3n) is 2.16. The third-order valence-corrected chi connectivity index (χ3v) is 2.16. The largest absolute Gasteiger partial charge is 0.370 e. The zero-order chi connectivity index (χ0) is 8.55. The van der Waals surface area contributed by atoms with Crippen LogP contribution in [-0.2, 0) is 11.3 Å². The summed E-state index contributed by atoms with van der Waals surface area (Å²) in [6, 6.07) is 6.07. The molecule has 0 radical (unpaired) electrons. The van der Waals surface area contributed by atoms with E-state index in [1.165, 1.54) is 5.56 Å². The molecule has 0 atom stereocenters. The molecular formula is C10H11NO. The Bertz CT molecular complexity index is 331. The predicted octanol–water partition coefficient (Wildman–Crippen LogP) is 1.89. The van der Waals surface area contributed by atoms with Crippen LogP contribution in [0.25, 0.3) is 0 Å². The quantitative estimate of drug-likeness (QED) is 0.619. The first-order valence-corrected chi connectivity index (χ1v) is 4.03. The SMILES string of the molecule is Cc1cccc2c1C(=N)COC2. The van der Waals surface area contributed by atoms with Crippen molar-refractivity contribution in [1.82, 2.24) is 0 Å². The number of rotatable bonds is 0. The van der Waals surface area contributed by atoms with Crippen LogP contribution < -0.4 is 0 Å². The molecule has 12 heavy (non-hydrogen) atoms. The van der Waals surface area contributed by atoms with Crippen molar-refractivity contribution in [3.8, 4) is 0 Å².